The van der Waals surface area contributed by atoms with Crippen molar-refractivity contribution in [3.63, 3.8) is 0 Å². The van der Waals surface area contributed by atoms with E-state index in [9.17, 15) is 10.1 Å². The molecule has 1 aliphatic heterocycles. The zero-order chi connectivity index (χ0) is 22.2. The first-order chi connectivity index (χ1) is 15.7. The monoisotopic (exact) mass is 453 g/mol. The highest BCUT2D eigenvalue weighted by atomic mass is 32.1. The van der Waals surface area contributed by atoms with Crippen LogP contribution in [0, 0.1) is 10.1 Å². The minimum absolute atomic E-state index is 0.0133. The molecule has 168 valence electrons. The Kier molecular flexibility index (Phi) is 7.82. The van der Waals surface area contributed by atoms with Gasteiger partial charge in [-0.05, 0) is 42.8 Å². The van der Waals surface area contributed by atoms with Gasteiger partial charge in [-0.1, -0.05) is 24.3 Å². The average molecular weight is 454 g/mol. The summed E-state index contributed by atoms with van der Waals surface area (Å²) in [6, 6.07) is 14.7. The molecular weight excluding hydrogens is 426 g/mol. The fourth-order valence-corrected chi connectivity index (χ4v) is 4.73. The summed E-state index contributed by atoms with van der Waals surface area (Å²) in [5, 5.41) is 13.2. The van der Waals surface area contributed by atoms with Gasteiger partial charge in [-0.2, -0.15) is 0 Å². The summed E-state index contributed by atoms with van der Waals surface area (Å²) < 4.78 is 12.2. The van der Waals surface area contributed by atoms with Gasteiger partial charge in [-0.25, -0.2) is 0 Å². The van der Waals surface area contributed by atoms with Crippen molar-refractivity contribution in [1.29, 1.82) is 0 Å². The van der Waals surface area contributed by atoms with E-state index in [-0.39, 0.29) is 17.9 Å². The van der Waals surface area contributed by atoms with Gasteiger partial charge in [-0.3, -0.25) is 15.1 Å². The summed E-state index contributed by atoms with van der Waals surface area (Å²) in [5.41, 5.74) is 1.10. The summed E-state index contributed by atoms with van der Waals surface area (Å²) in [5.74, 6) is 0.333. The van der Waals surface area contributed by atoms with Crippen LogP contribution in [0.25, 0.3) is 0 Å². The highest BCUT2D eigenvalue weighted by molar-refractivity contribution is 7.10. The van der Waals surface area contributed by atoms with Crippen LogP contribution in [0.5, 0.6) is 5.75 Å². The van der Waals surface area contributed by atoms with Crippen LogP contribution in [0.1, 0.15) is 35.8 Å². The molecule has 2 aromatic heterocycles. The zero-order valence-corrected chi connectivity index (χ0v) is 18.7. The Hall–Kier alpha value is -2.81. The number of nitro benzene ring substituents is 1. The first kappa shape index (κ1) is 22.4. The van der Waals surface area contributed by atoms with Gasteiger partial charge in [0.25, 0.3) is 0 Å². The maximum atomic E-state index is 11.1. The molecule has 0 aliphatic carbocycles. The average Bonchev–Trinajstić information content (AvgIpc) is 3.36. The van der Waals surface area contributed by atoms with Gasteiger partial charge in [0, 0.05) is 48.5 Å². The number of ether oxygens (including phenoxy) is 2. The number of para-hydroxylation sites is 2. The summed E-state index contributed by atoms with van der Waals surface area (Å²) >= 11 is 1.71. The molecule has 8 heteroatoms. The standard InChI is InChI=1S/C24H27N3O4S/c28-27(29)21-7-1-2-8-22(21)30-16-5-13-26-14-10-20(11-15-26)31-24(23-9-4-17-32-23)19-6-3-12-25-18-19/h1-4,6-9,12,17-18,20,24H,5,10-11,13-16H2. The minimum Gasteiger partial charge on any atom is -0.487 e. The normalized spacial score (nSPS) is 16.0. The van der Waals surface area contributed by atoms with Crippen molar-refractivity contribution >= 4 is 17.0 Å². The Balaban J connectivity index is 1.22. The molecule has 32 heavy (non-hydrogen) atoms. The van der Waals surface area contributed by atoms with Gasteiger partial charge in [0.15, 0.2) is 5.75 Å². The molecule has 1 aliphatic rings. The van der Waals surface area contributed by atoms with E-state index in [1.54, 1.807) is 35.7 Å². The van der Waals surface area contributed by atoms with Gasteiger partial charge < -0.3 is 14.4 Å². The lowest BCUT2D eigenvalue weighted by Gasteiger charge is -2.33. The van der Waals surface area contributed by atoms with Crippen molar-refractivity contribution in [2.24, 2.45) is 0 Å². The Bertz CT molecular complexity index is 976. The van der Waals surface area contributed by atoms with E-state index in [2.05, 4.69) is 33.5 Å². The Labute approximate surface area is 191 Å². The van der Waals surface area contributed by atoms with Crippen LogP contribution in [-0.2, 0) is 4.74 Å². The van der Waals surface area contributed by atoms with Crippen molar-refractivity contribution in [3.05, 3.63) is 86.9 Å². The molecule has 3 heterocycles. The molecule has 0 bridgehead atoms. The fraction of sp³-hybridized carbons (Fsp3) is 0.375. The number of benzene rings is 1. The number of aromatic nitrogens is 1. The summed E-state index contributed by atoms with van der Waals surface area (Å²) in [6.45, 7) is 3.31. The van der Waals surface area contributed by atoms with E-state index < -0.39 is 4.92 Å². The van der Waals surface area contributed by atoms with Gasteiger partial charge in [0.2, 0.25) is 0 Å². The first-order valence-corrected chi connectivity index (χ1v) is 11.8. The van der Waals surface area contributed by atoms with Crippen LogP contribution < -0.4 is 4.74 Å². The third-order valence-electron chi connectivity index (χ3n) is 5.59. The molecule has 0 N–H and O–H groups in total. The van der Waals surface area contributed by atoms with Crippen molar-refractivity contribution in [1.82, 2.24) is 9.88 Å². The number of nitro groups is 1. The summed E-state index contributed by atoms with van der Waals surface area (Å²) in [4.78, 5) is 18.5. The number of hydrogen-bond acceptors (Lipinski definition) is 7. The van der Waals surface area contributed by atoms with Gasteiger partial charge in [0.1, 0.15) is 6.10 Å². The van der Waals surface area contributed by atoms with E-state index in [1.807, 2.05) is 12.3 Å². The number of likely N-dealkylation sites (tertiary alicyclic amines) is 1. The third-order valence-corrected chi connectivity index (χ3v) is 6.51. The molecule has 0 saturated carbocycles. The molecule has 1 atom stereocenters. The first-order valence-electron chi connectivity index (χ1n) is 10.9. The largest absolute Gasteiger partial charge is 0.487 e. The fourth-order valence-electron chi connectivity index (χ4n) is 3.94. The number of nitrogens with zero attached hydrogens (tertiary/aromatic N) is 3. The second-order valence-corrected chi connectivity index (χ2v) is 8.77. The lowest BCUT2D eigenvalue weighted by atomic mass is 10.1. The number of piperidine rings is 1. The Morgan fingerprint density at radius 2 is 2.00 bits per heavy atom. The van der Waals surface area contributed by atoms with Crippen LogP contribution in [0.3, 0.4) is 0 Å². The van der Waals surface area contributed by atoms with Gasteiger partial charge in [-0.15, -0.1) is 11.3 Å². The third kappa shape index (κ3) is 5.91. The van der Waals surface area contributed by atoms with Crippen molar-refractivity contribution in [3.8, 4) is 5.75 Å². The molecule has 3 aromatic rings. The topological polar surface area (TPSA) is 77.7 Å². The molecule has 1 fully saturated rings. The lowest BCUT2D eigenvalue weighted by Crippen LogP contribution is -2.38. The summed E-state index contributed by atoms with van der Waals surface area (Å²) in [6.07, 6.45) is 6.59. The summed E-state index contributed by atoms with van der Waals surface area (Å²) in [7, 11) is 0. The molecule has 0 spiro atoms. The molecule has 1 saturated heterocycles. The SMILES string of the molecule is O=[N+]([O-])c1ccccc1OCCCN1CCC(OC(c2cccnc2)c2cccs2)CC1. The maximum absolute atomic E-state index is 11.1. The van der Waals surface area contributed by atoms with Crippen LogP contribution >= 0.6 is 11.3 Å². The molecule has 1 aromatic carbocycles. The smallest absolute Gasteiger partial charge is 0.310 e. The van der Waals surface area contributed by atoms with Crippen molar-refractivity contribution < 1.29 is 14.4 Å². The highest BCUT2D eigenvalue weighted by Gasteiger charge is 2.25. The van der Waals surface area contributed by atoms with E-state index in [0.29, 0.717) is 12.4 Å². The molecule has 0 amide bonds. The van der Waals surface area contributed by atoms with Crippen LogP contribution in [0.4, 0.5) is 5.69 Å². The van der Waals surface area contributed by atoms with E-state index >= 15 is 0 Å². The number of hydrogen-bond donors (Lipinski definition) is 0. The Morgan fingerprint density at radius 3 is 2.72 bits per heavy atom. The van der Waals surface area contributed by atoms with Gasteiger partial charge >= 0.3 is 5.69 Å². The van der Waals surface area contributed by atoms with Crippen LogP contribution in [0.2, 0.25) is 0 Å². The van der Waals surface area contributed by atoms with Crippen LogP contribution in [-0.4, -0.2) is 47.2 Å². The number of pyridine rings is 1. The van der Waals surface area contributed by atoms with Crippen molar-refractivity contribution in [2.75, 3.05) is 26.2 Å². The number of rotatable bonds is 10. The maximum Gasteiger partial charge on any atom is 0.310 e. The second kappa shape index (κ2) is 11.2. The van der Waals surface area contributed by atoms with E-state index in [0.717, 1.165) is 44.5 Å². The Morgan fingerprint density at radius 1 is 1.16 bits per heavy atom. The van der Waals surface area contributed by atoms with Gasteiger partial charge in [0.05, 0.1) is 17.6 Å². The minimum atomic E-state index is -0.408. The predicted molar refractivity (Wildman–Crippen MR) is 124 cm³/mol. The van der Waals surface area contributed by atoms with E-state index in [1.165, 1.54) is 10.9 Å². The molecular formula is C24H27N3O4S. The second-order valence-electron chi connectivity index (χ2n) is 7.79. The number of thiophene rings is 1. The predicted octanol–water partition coefficient (Wildman–Crippen LogP) is 5.09. The van der Waals surface area contributed by atoms with E-state index in [4.69, 9.17) is 9.47 Å². The molecule has 4 rings (SSSR count). The quantitative estimate of drug-likeness (QED) is 0.242. The lowest BCUT2D eigenvalue weighted by molar-refractivity contribution is -0.385. The highest BCUT2D eigenvalue weighted by Crippen LogP contribution is 2.32. The molecule has 0 radical (unpaired) electrons. The molecule has 1 unspecified atom stereocenters. The van der Waals surface area contributed by atoms with Crippen LogP contribution in [0.15, 0.2) is 66.3 Å². The van der Waals surface area contributed by atoms with Crippen molar-refractivity contribution in [2.45, 2.75) is 31.5 Å². The molecule has 7 nitrogen and oxygen atoms in total. The zero-order valence-electron chi connectivity index (χ0n) is 17.8.